The lowest BCUT2D eigenvalue weighted by atomic mass is 10.1. The Labute approximate surface area is 110 Å². The van der Waals surface area contributed by atoms with Gasteiger partial charge in [-0.05, 0) is 25.1 Å². The lowest BCUT2D eigenvalue weighted by Gasteiger charge is -2.07. The Morgan fingerprint density at radius 3 is 3.00 bits per heavy atom. The molecule has 1 amide bonds. The molecule has 1 aromatic heterocycles. The van der Waals surface area contributed by atoms with Gasteiger partial charge in [0.1, 0.15) is 0 Å². The number of carbonyl (C=O) groups is 1. The van der Waals surface area contributed by atoms with Crippen LogP contribution in [0.1, 0.15) is 17.3 Å². The van der Waals surface area contributed by atoms with Crippen molar-refractivity contribution in [2.45, 2.75) is 13.0 Å². The van der Waals surface area contributed by atoms with Gasteiger partial charge in [0.25, 0.3) is 5.91 Å². The van der Waals surface area contributed by atoms with E-state index in [0.717, 1.165) is 10.9 Å². The SMILES string of the molecule is CC(O)CNC(=O)c1cnc2cc(Cl)ccc2c1. The lowest BCUT2D eigenvalue weighted by molar-refractivity contribution is 0.0924. The van der Waals surface area contributed by atoms with Gasteiger partial charge in [-0.1, -0.05) is 17.7 Å². The molecule has 0 fully saturated rings. The average molecular weight is 265 g/mol. The highest BCUT2D eigenvalue weighted by atomic mass is 35.5. The summed E-state index contributed by atoms with van der Waals surface area (Å²) in [7, 11) is 0. The summed E-state index contributed by atoms with van der Waals surface area (Å²) < 4.78 is 0. The first-order valence-electron chi connectivity index (χ1n) is 5.58. The van der Waals surface area contributed by atoms with Crippen molar-refractivity contribution in [3.05, 3.63) is 41.0 Å². The van der Waals surface area contributed by atoms with Crippen LogP contribution in [-0.2, 0) is 0 Å². The fourth-order valence-electron chi connectivity index (χ4n) is 1.56. The molecule has 94 valence electrons. The van der Waals surface area contributed by atoms with E-state index < -0.39 is 6.10 Å². The van der Waals surface area contributed by atoms with Crippen molar-refractivity contribution in [2.75, 3.05) is 6.54 Å². The van der Waals surface area contributed by atoms with E-state index in [2.05, 4.69) is 10.3 Å². The van der Waals surface area contributed by atoms with Crippen LogP contribution in [0.25, 0.3) is 10.9 Å². The van der Waals surface area contributed by atoms with Crippen LogP contribution in [0.2, 0.25) is 5.02 Å². The number of halogens is 1. The molecule has 0 aliphatic heterocycles. The molecule has 2 aromatic rings. The first-order valence-corrected chi connectivity index (χ1v) is 5.95. The van der Waals surface area contributed by atoms with Crippen molar-refractivity contribution in [2.24, 2.45) is 0 Å². The molecule has 1 unspecified atom stereocenters. The predicted molar refractivity (Wildman–Crippen MR) is 70.8 cm³/mol. The number of fused-ring (bicyclic) bond motifs is 1. The fourth-order valence-corrected chi connectivity index (χ4v) is 1.73. The number of rotatable bonds is 3. The molecular formula is C13H13ClN2O2. The minimum atomic E-state index is -0.568. The molecule has 18 heavy (non-hydrogen) atoms. The number of benzene rings is 1. The van der Waals surface area contributed by atoms with Crippen molar-refractivity contribution in [3.63, 3.8) is 0 Å². The number of carbonyl (C=O) groups excluding carboxylic acids is 1. The van der Waals surface area contributed by atoms with Crippen molar-refractivity contribution in [3.8, 4) is 0 Å². The minimum absolute atomic E-state index is 0.220. The number of aromatic nitrogens is 1. The minimum Gasteiger partial charge on any atom is -0.392 e. The lowest BCUT2D eigenvalue weighted by Crippen LogP contribution is -2.30. The summed E-state index contributed by atoms with van der Waals surface area (Å²) in [5, 5.41) is 13.2. The highest BCUT2D eigenvalue weighted by Gasteiger charge is 2.08. The van der Waals surface area contributed by atoms with E-state index >= 15 is 0 Å². The number of hydrogen-bond acceptors (Lipinski definition) is 3. The second kappa shape index (κ2) is 5.33. The fraction of sp³-hybridized carbons (Fsp3) is 0.231. The maximum absolute atomic E-state index is 11.8. The Balaban J connectivity index is 2.24. The third-order valence-electron chi connectivity index (χ3n) is 2.47. The smallest absolute Gasteiger partial charge is 0.252 e. The van der Waals surface area contributed by atoms with Gasteiger partial charge < -0.3 is 10.4 Å². The molecule has 1 heterocycles. The number of pyridine rings is 1. The van der Waals surface area contributed by atoms with Gasteiger partial charge in [-0.2, -0.15) is 0 Å². The molecule has 0 bridgehead atoms. The summed E-state index contributed by atoms with van der Waals surface area (Å²) in [6, 6.07) is 7.06. The Bertz CT molecular complexity index is 584. The maximum atomic E-state index is 11.8. The van der Waals surface area contributed by atoms with Crippen LogP contribution in [0, 0.1) is 0 Å². The van der Waals surface area contributed by atoms with Gasteiger partial charge >= 0.3 is 0 Å². The Morgan fingerprint density at radius 1 is 1.50 bits per heavy atom. The zero-order valence-corrected chi connectivity index (χ0v) is 10.6. The van der Waals surface area contributed by atoms with Crippen molar-refractivity contribution in [1.29, 1.82) is 0 Å². The first-order chi connectivity index (χ1) is 8.56. The highest BCUT2D eigenvalue weighted by Crippen LogP contribution is 2.18. The number of nitrogens with zero attached hydrogens (tertiary/aromatic N) is 1. The Morgan fingerprint density at radius 2 is 2.28 bits per heavy atom. The predicted octanol–water partition coefficient (Wildman–Crippen LogP) is 2.00. The van der Waals surface area contributed by atoms with E-state index in [1.54, 1.807) is 25.1 Å². The van der Waals surface area contributed by atoms with Crippen LogP contribution < -0.4 is 5.32 Å². The monoisotopic (exact) mass is 264 g/mol. The summed E-state index contributed by atoms with van der Waals surface area (Å²) in [6.45, 7) is 1.83. The Kier molecular flexibility index (Phi) is 3.79. The van der Waals surface area contributed by atoms with Gasteiger partial charge in [0, 0.05) is 23.2 Å². The molecule has 0 aliphatic carbocycles. The third kappa shape index (κ3) is 2.97. The molecule has 2 N–H and O–H groups in total. The number of aliphatic hydroxyl groups excluding tert-OH is 1. The average Bonchev–Trinajstić information content (AvgIpc) is 2.35. The van der Waals surface area contributed by atoms with Gasteiger partial charge in [0.05, 0.1) is 17.2 Å². The number of hydrogen-bond donors (Lipinski definition) is 2. The van der Waals surface area contributed by atoms with Crippen LogP contribution >= 0.6 is 11.6 Å². The van der Waals surface area contributed by atoms with Gasteiger partial charge in [0.15, 0.2) is 0 Å². The van der Waals surface area contributed by atoms with E-state index in [4.69, 9.17) is 16.7 Å². The number of aliphatic hydroxyl groups is 1. The second-order valence-corrected chi connectivity index (χ2v) is 4.56. The topological polar surface area (TPSA) is 62.2 Å². The largest absolute Gasteiger partial charge is 0.392 e. The maximum Gasteiger partial charge on any atom is 0.252 e. The third-order valence-corrected chi connectivity index (χ3v) is 2.70. The van der Waals surface area contributed by atoms with Gasteiger partial charge in [-0.3, -0.25) is 9.78 Å². The molecule has 0 radical (unpaired) electrons. The molecule has 5 heteroatoms. The van der Waals surface area contributed by atoms with Crippen molar-refractivity contribution >= 4 is 28.4 Å². The van der Waals surface area contributed by atoms with Crippen LogP contribution in [-0.4, -0.2) is 28.6 Å². The number of nitrogens with one attached hydrogen (secondary N) is 1. The molecule has 2 rings (SSSR count). The van der Waals surface area contributed by atoms with Crippen LogP contribution in [0.4, 0.5) is 0 Å². The van der Waals surface area contributed by atoms with Crippen molar-refractivity contribution in [1.82, 2.24) is 10.3 Å². The summed E-state index contributed by atoms with van der Waals surface area (Å²) in [5.41, 5.74) is 1.21. The standard InChI is InChI=1S/C13H13ClN2O2/c1-8(17)6-16-13(18)10-4-9-2-3-11(14)5-12(9)15-7-10/h2-5,7-8,17H,6H2,1H3,(H,16,18). The van der Waals surface area contributed by atoms with E-state index in [-0.39, 0.29) is 12.5 Å². The normalized spacial score (nSPS) is 12.4. The highest BCUT2D eigenvalue weighted by molar-refractivity contribution is 6.31. The Hall–Kier alpha value is -1.65. The van der Waals surface area contributed by atoms with Crippen LogP contribution in [0.15, 0.2) is 30.5 Å². The van der Waals surface area contributed by atoms with Gasteiger partial charge in [-0.15, -0.1) is 0 Å². The van der Waals surface area contributed by atoms with Gasteiger partial charge in [0.2, 0.25) is 0 Å². The van der Waals surface area contributed by atoms with E-state index in [1.807, 2.05) is 6.07 Å². The zero-order valence-electron chi connectivity index (χ0n) is 9.85. The number of amides is 1. The summed E-state index contributed by atoms with van der Waals surface area (Å²) >= 11 is 5.86. The van der Waals surface area contributed by atoms with E-state index in [9.17, 15) is 4.79 Å². The molecule has 0 spiro atoms. The van der Waals surface area contributed by atoms with Crippen LogP contribution in [0.3, 0.4) is 0 Å². The summed E-state index contributed by atoms with van der Waals surface area (Å²) in [6.07, 6.45) is 0.928. The van der Waals surface area contributed by atoms with Crippen molar-refractivity contribution < 1.29 is 9.90 Å². The molecule has 0 saturated carbocycles. The molecular weight excluding hydrogens is 252 g/mol. The van der Waals surface area contributed by atoms with E-state index in [0.29, 0.717) is 10.6 Å². The summed E-state index contributed by atoms with van der Waals surface area (Å²) in [5.74, 6) is -0.250. The van der Waals surface area contributed by atoms with Crippen LogP contribution in [0.5, 0.6) is 0 Å². The molecule has 1 aromatic carbocycles. The molecule has 0 saturated heterocycles. The molecule has 1 atom stereocenters. The quantitative estimate of drug-likeness (QED) is 0.891. The molecule has 4 nitrogen and oxygen atoms in total. The first kappa shape index (κ1) is 12.8. The van der Waals surface area contributed by atoms with Gasteiger partial charge in [-0.25, -0.2) is 0 Å². The second-order valence-electron chi connectivity index (χ2n) is 4.12. The van der Waals surface area contributed by atoms with E-state index in [1.165, 1.54) is 6.20 Å². The zero-order chi connectivity index (χ0) is 13.1. The molecule has 0 aliphatic rings. The summed E-state index contributed by atoms with van der Waals surface area (Å²) in [4.78, 5) is 16.0.